The highest BCUT2D eigenvalue weighted by Gasteiger charge is 2.35. The molecular weight excluding hydrogens is 309 g/mol. The Morgan fingerprint density at radius 2 is 2.23 bits per heavy atom. The summed E-state index contributed by atoms with van der Waals surface area (Å²) in [5.74, 6) is -0.950. The molecule has 1 aromatic heterocycles. The lowest BCUT2D eigenvalue weighted by Crippen LogP contribution is -2.45. The monoisotopic (exact) mass is 323 g/mol. The lowest BCUT2D eigenvalue weighted by Gasteiger charge is -2.22. The Labute approximate surface area is 131 Å². The van der Waals surface area contributed by atoms with Gasteiger partial charge in [0.15, 0.2) is 0 Å². The van der Waals surface area contributed by atoms with Crippen LogP contribution in [0.5, 0.6) is 0 Å². The smallest absolute Gasteiger partial charge is 0.272 e. The van der Waals surface area contributed by atoms with Gasteiger partial charge in [0.1, 0.15) is 17.6 Å². The number of carbonyl (C=O) groups excluding carboxylic acids is 2. The number of amides is 2. The summed E-state index contributed by atoms with van der Waals surface area (Å²) in [5.41, 5.74) is 0.781. The number of benzene rings is 1. The predicted octanol–water partition coefficient (Wildman–Crippen LogP) is 2.31. The largest absolute Gasteiger partial charge is 0.357 e. The molecule has 2 aromatic rings. The van der Waals surface area contributed by atoms with Crippen LogP contribution >= 0.6 is 11.6 Å². The zero-order valence-electron chi connectivity index (χ0n) is 12.0. The third kappa shape index (κ3) is 2.33. The molecule has 0 saturated carbocycles. The quantitative estimate of drug-likeness (QED) is 0.890. The Hall–Kier alpha value is -2.08. The molecule has 2 N–H and O–H groups in total. The Morgan fingerprint density at radius 1 is 1.45 bits per heavy atom. The molecule has 5 nitrogen and oxygen atoms in total. The van der Waals surface area contributed by atoms with Crippen LogP contribution in [0.2, 0.25) is 5.02 Å². The predicted molar refractivity (Wildman–Crippen MR) is 81.4 cm³/mol. The van der Waals surface area contributed by atoms with Gasteiger partial charge in [0.05, 0.1) is 5.02 Å². The molecule has 1 saturated heterocycles. The highest BCUT2D eigenvalue weighted by Crippen LogP contribution is 2.30. The van der Waals surface area contributed by atoms with E-state index >= 15 is 0 Å². The lowest BCUT2D eigenvalue weighted by molar-refractivity contribution is -0.124. The van der Waals surface area contributed by atoms with Gasteiger partial charge >= 0.3 is 0 Å². The van der Waals surface area contributed by atoms with Crippen molar-refractivity contribution in [3.8, 4) is 0 Å². The van der Waals surface area contributed by atoms with Crippen LogP contribution in [-0.4, -0.2) is 41.3 Å². The number of likely N-dealkylation sites (tertiary alicyclic amines) is 1. The number of nitrogens with zero attached hydrogens (tertiary/aromatic N) is 1. The number of hydrogen-bond acceptors (Lipinski definition) is 2. The summed E-state index contributed by atoms with van der Waals surface area (Å²) in [6, 6.07) is 3.63. The average Bonchev–Trinajstić information content (AvgIpc) is 3.11. The minimum Gasteiger partial charge on any atom is -0.357 e. The molecule has 116 valence electrons. The third-order valence-electron chi connectivity index (χ3n) is 3.97. The highest BCUT2D eigenvalue weighted by molar-refractivity contribution is 6.38. The molecule has 3 rings (SSSR count). The number of fused-ring (bicyclic) bond motifs is 1. The molecule has 1 aromatic carbocycles. The number of carbonyl (C=O) groups is 2. The summed E-state index contributed by atoms with van der Waals surface area (Å²) in [6.07, 6.45) is 1.38. The standard InChI is InChI=1S/C15H15ClFN3O2/c1-18-14(21)11-3-2-6-20(11)15(22)13-12(16)9-7-8(17)4-5-10(9)19-13/h4-5,7,11,19H,2-3,6H2,1H3,(H,18,21)/t11-/m0/s1. The molecule has 1 fully saturated rings. The first-order valence-corrected chi connectivity index (χ1v) is 7.40. The fourth-order valence-corrected chi connectivity index (χ4v) is 3.16. The number of hydrogen-bond donors (Lipinski definition) is 2. The number of likely N-dealkylation sites (N-methyl/N-ethyl adjacent to an activating group) is 1. The van der Waals surface area contributed by atoms with Gasteiger partial charge in [0.25, 0.3) is 5.91 Å². The first-order chi connectivity index (χ1) is 10.5. The van der Waals surface area contributed by atoms with E-state index in [1.807, 2.05) is 0 Å². The van der Waals surface area contributed by atoms with Crippen molar-refractivity contribution in [2.45, 2.75) is 18.9 Å². The van der Waals surface area contributed by atoms with E-state index in [-0.39, 0.29) is 22.5 Å². The van der Waals surface area contributed by atoms with Crippen molar-refractivity contribution < 1.29 is 14.0 Å². The van der Waals surface area contributed by atoms with E-state index in [0.717, 1.165) is 6.42 Å². The first-order valence-electron chi connectivity index (χ1n) is 7.02. The number of aromatic amines is 1. The first kappa shape index (κ1) is 14.8. The van der Waals surface area contributed by atoms with Crippen LogP contribution in [0.15, 0.2) is 18.2 Å². The van der Waals surface area contributed by atoms with Gasteiger partial charge in [-0.3, -0.25) is 9.59 Å². The van der Waals surface area contributed by atoms with Gasteiger partial charge in [-0.1, -0.05) is 11.6 Å². The highest BCUT2D eigenvalue weighted by atomic mass is 35.5. The third-order valence-corrected chi connectivity index (χ3v) is 4.37. The van der Waals surface area contributed by atoms with Gasteiger partial charge in [-0.05, 0) is 31.0 Å². The van der Waals surface area contributed by atoms with E-state index in [4.69, 9.17) is 11.6 Å². The van der Waals surface area contributed by atoms with Crippen LogP contribution < -0.4 is 5.32 Å². The van der Waals surface area contributed by atoms with E-state index in [1.54, 1.807) is 7.05 Å². The molecular formula is C15H15ClFN3O2. The van der Waals surface area contributed by atoms with Crippen molar-refractivity contribution in [2.75, 3.05) is 13.6 Å². The summed E-state index contributed by atoms with van der Waals surface area (Å²) in [7, 11) is 1.54. The van der Waals surface area contributed by atoms with Gasteiger partial charge in [-0.2, -0.15) is 0 Å². The number of aromatic nitrogens is 1. The van der Waals surface area contributed by atoms with Crippen LogP contribution in [0, 0.1) is 5.82 Å². The van der Waals surface area contributed by atoms with Crippen molar-refractivity contribution in [1.82, 2.24) is 15.2 Å². The molecule has 1 aliphatic heterocycles. The van der Waals surface area contributed by atoms with Gasteiger partial charge in [-0.15, -0.1) is 0 Å². The second kappa shape index (κ2) is 5.61. The molecule has 0 unspecified atom stereocenters. The van der Waals surface area contributed by atoms with Crippen LogP contribution in [0.4, 0.5) is 4.39 Å². The van der Waals surface area contributed by atoms with Crippen LogP contribution in [-0.2, 0) is 4.79 Å². The van der Waals surface area contributed by atoms with E-state index < -0.39 is 11.9 Å². The molecule has 0 spiro atoms. The van der Waals surface area contributed by atoms with Crippen LogP contribution in [0.1, 0.15) is 23.3 Å². The minimum absolute atomic E-state index is 0.182. The number of H-pyrrole nitrogens is 1. The van der Waals surface area contributed by atoms with Crippen molar-refractivity contribution in [3.63, 3.8) is 0 Å². The Kier molecular flexibility index (Phi) is 3.78. The van der Waals surface area contributed by atoms with E-state index in [9.17, 15) is 14.0 Å². The van der Waals surface area contributed by atoms with Gasteiger partial charge in [0.2, 0.25) is 5.91 Å². The summed E-state index contributed by atoms with van der Waals surface area (Å²) >= 11 is 6.22. The maximum Gasteiger partial charge on any atom is 0.272 e. The van der Waals surface area contributed by atoms with Crippen molar-refractivity contribution in [3.05, 3.63) is 34.7 Å². The molecule has 1 atom stereocenters. The van der Waals surface area contributed by atoms with Gasteiger partial charge < -0.3 is 15.2 Å². The molecule has 0 radical (unpaired) electrons. The van der Waals surface area contributed by atoms with Gasteiger partial charge in [-0.25, -0.2) is 4.39 Å². The maximum atomic E-state index is 13.3. The zero-order valence-corrected chi connectivity index (χ0v) is 12.7. The zero-order chi connectivity index (χ0) is 15.9. The Balaban J connectivity index is 1.98. The van der Waals surface area contributed by atoms with Crippen molar-refractivity contribution in [2.24, 2.45) is 0 Å². The summed E-state index contributed by atoms with van der Waals surface area (Å²) in [6.45, 7) is 0.497. The fraction of sp³-hybridized carbons (Fsp3) is 0.333. The summed E-state index contributed by atoms with van der Waals surface area (Å²) in [5, 5.41) is 3.21. The Morgan fingerprint density at radius 3 is 2.95 bits per heavy atom. The second-order valence-corrected chi connectivity index (χ2v) is 5.65. The number of halogens is 2. The SMILES string of the molecule is CNC(=O)[C@@H]1CCCN1C(=O)c1[nH]c2ccc(F)cc2c1Cl. The molecule has 1 aliphatic rings. The van der Waals surface area contributed by atoms with Crippen molar-refractivity contribution >= 4 is 34.3 Å². The minimum atomic E-state index is -0.489. The van der Waals surface area contributed by atoms with E-state index in [2.05, 4.69) is 10.3 Å². The van der Waals surface area contributed by atoms with Crippen LogP contribution in [0.25, 0.3) is 10.9 Å². The molecule has 22 heavy (non-hydrogen) atoms. The number of rotatable bonds is 2. The number of nitrogens with one attached hydrogen (secondary N) is 2. The molecule has 0 aliphatic carbocycles. The second-order valence-electron chi connectivity index (χ2n) is 5.27. The molecule has 2 heterocycles. The van der Waals surface area contributed by atoms with E-state index in [1.165, 1.54) is 23.1 Å². The average molecular weight is 324 g/mol. The maximum absolute atomic E-state index is 13.3. The van der Waals surface area contributed by atoms with E-state index in [0.29, 0.717) is 23.9 Å². The fourth-order valence-electron chi connectivity index (χ4n) is 2.87. The summed E-state index contributed by atoms with van der Waals surface area (Å²) < 4.78 is 13.3. The molecule has 0 bridgehead atoms. The lowest BCUT2D eigenvalue weighted by atomic mass is 10.2. The Bertz CT molecular complexity index is 759. The van der Waals surface area contributed by atoms with Crippen LogP contribution in [0.3, 0.4) is 0 Å². The normalized spacial score (nSPS) is 18.0. The molecule has 2 amide bonds. The van der Waals surface area contributed by atoms with Crippen molar-refractivity contribution in [1.29, 1.82) is 0 Å². The molecule has 7 heteroatoms. The van der Waals surface area contributed by atoms with Gasteiger partial charge in [0, 0.05) is 24.5 Å². The topological polar surface area (TPSA) is 65.2 Å². The summed E-state index contributed by atoms with van der Waals surface area (Å²) in [4.78, 5) is 29.0.